The van der Waals surface area contributed by atoms with Crippen molar-refractivity contribution in [2.45, 2.75) is 20.8 Å². The summed E-state index contributed by atoms with van der Waals surface area (Å²) in [7, 11) is 0. The van der Waals surface area contributed by atoms with Gasteiger partial charge in [-0.3, -0.25) is 4.79 Å². The second-order valence-electron chi connectivity index (χ2n) is 6.57. The maximum Gasteiger partial charge on any atom is 0.308 e. The highest BCUT2D eigenvalue weighted by Gasteiger charge is 2.15. The van der Waals surface area contributed by atoms with E-state index < -0.39 is 0 Å². The van der Waals surface area contributed by atoms with Crippen LogP contribution in [0.15, 0.2) is 42.6 Å². The van der Waals surface area contributed by atoms with Crippen molar-refractivity contribution in [3.8, 4) is 23.8 Å². The van der Waals surface area contributed by atoms with Gasteiger partial charge in [0.1, 0.15) is 17.0 Å². The molecule has 3 aromatic rings. The molecule has 0 aliphatic rings. The van der Waals surface area contributed by atoms with Crippen LogP contribution in [0.2, 0.25) is 0 Å². The average Bonchev–Trinajstić information content (AvgIpc) is 2.72. The van der Waals surface area contributed by atoms with Crippen molar-refractivity contribution in [3.05, 3.63) is 64.8 Å². The van der Waals surface area contributed by atoms with Gasteiger partial charge in [-0.15, -0.1) is 0 Å². The van der Waals surface area contributed by atoms with Gasteiger partial charge in [0.2, 0.25) is 17.7 Å². The topological polar surface area (TPSA) is 124 Å². The molecule has 3 N–H and O–H groups in total. The summed E-state index contributed by atoms with van der Waals surface area (Å²) < 4.78 is 6.04. The zero-order valence-electron chi connectivity index (χ0n) is 16.7. The molecule has 0 aliphatic carbocycles. The van der Waals surface area contributed by atoms with E-state index in [-0.39, 0.29) is 17.7 Å². The number of aryl methyl sites for hydroxylation is 2. The van der Waals surface area contributed by atoms with E-state index in [0.717, 1.165) is 16.8 Å². The smallest absolute Gasteiger partial charge is 0.308 e. The number of rotatable bonds is 5. The Morgan fingerprint density at radius 2 is 1.80 bits per heavy atom. The minimum absolute atomic E-state index is 0.169. The molecule has 148 valence electrons. The Labute approximate surface area is 173 Å². The zero-order valence-corrected chi connectivity index (χ0v) is 16.7. The maximum atomic E-state index is 11.6. The van der Waals surface area contributed by atoms with Crippen LogP contribution in [0.1, 0.15) is 29.2 Å². The molecular weight excluding hydrogens is 380 g/mol. The molecule has 30 heavy (non-hydrogen) atoms. The molecule has 1 amide bonds. The summed E-state index contributed by atoms with van der Waals surface area (Å²) in [6.45, 7) is 5.06. The lowest BCUT2D eigenvalue weighted by Gasteiger charge is -2.15. The summed E-state index contributed by atoms with van der Waals surface area (Å²) in [5.41, 5.74) is 3.77. The van der Waals surface area contributed by atoms with Crippen LogP contribution in [-0.2, 0) is 4.79 Å². The van der Waals surface area contributed by atoms with Crippen LogP contribution in [0.3, 0.4) is 0 Å². The van der Waals surface area contributed by atoms with Gasteiger partial charge in [0.25, 0.3) is 0 Å². The van der Waals surface area contributed by atoms with Gasteiger partial charge in [-0.1, -0.05) is 5.26 Å². The molecule has 0 fully saturated rings. The lowest BCUT2D eigenvalue weighted by molar-refractivity contribution is -0.114. The van der Waals surface area contributed by atoms with Crippen molar-refractivity contribution in [3.63, 3.8) is 0 Å². The van der Waals surface area contributed by atoms with Crippen LogP contribution in [0, 0.1) is 31.2 Å². The molecule has 0 saturated heterocycles. The van der Waals surface area contributed by atoms with E-state index in [0.29, 0.717) is 22.6 Å². The molecule has 0 atom stereocenters. The first-order chi connectivity index (χ1) is 14.4. The first-order valence-electron chi connectivity index (χ1n) is 9.03. The molecule has 0 spiro atoms. The van der Waals surface area contributed by atoms with Crippen molar-refractivity contribution in [1.29, 1.82) is 5.26 Å². The SMILES string of the molecule is CC(=O)Nc1cnc(Nc2ccc(C#[NH+])cc2)nc1Oc1c(C)cc(C#N)cc1C. The number of nitriles is 1. The molecule has 0 aliphatic heterocycles. The van der Waals surface area contributed by atoms with Crippen LogP contribution in [0.25, 0.3) is 0 Å². The van der Waals surface area contributed by atoms with Gasteiger partial charge in [0.15, 0.2) is 0 Å². The van der Waals surface area contributed by atoms with Crippen LogP contribution in [0.4, 0.5) is 17.3 Å². The molecule has 0 unspecified atom stereocenters. The monoisotopic (exact) mass is 399 g/mol. The standard InChI is InChI=1S/C22H18N6O2/c1-13-8-17(11-24)9-14(2)20(13)30-21-19(26-15(3)29)12-25-22(28-21)27-18-6-4-16(10-23)5-7-18/h4-9,12H,1-3H3,(H,26,29)(H,25,27,28)/p+1. The van der Waals surface area contributed by atoms with E-state index in [9.17, 15) is 4.79 Å². The highest BCUT2D eigenvalue weighted by Crippen LogP contribution is 2.33. The van der Waals surface area contributed by atoms with Crippen molar-refractivity contribution < 1.29 is 14.8 Å². The fourth-order valence-electron chi connectivity index (χ4n) is 2.82. The minimum Gasteiger partial charge on any atom is -0.436 e. The molecule has 0 bridgehead atoms. The predicted molar refractivity (Wildman–Crippen MR) is 111 cm³/mol. The predicted octanol–water partition coefficient (Wildman–Crippen LogP) is 2.58. The third-order valence-corrected chi connectivity index (χ3v) is 4.14. The Bertz CT molecular complexity index is 1170. The highest BCUT2D eigenvalue weighted by atomic mass is 16.5. The Morgan fingerprint density at radius 1 is 1.13 bits per heavy atom. The zero-order chi connectivity index (χ0) is 21.7. The molecule has 3 rings (SSSR count). The van der Waals surface area contributed by atoms with Gasteiger partial charge in [0, 0.05) is 12.6 Å². The van der Waals surface area contributed by atoms with E-state index in [1.165, 1.54) is 13.1 Å². The number of nitrogens with one attached hydrogen (secondary N) is 3. The molecule has 8 heteroatoms. The van der Waals surface area contributed by atoms with Gasteiger partial charge in [-0.05, 0) is 61.4 Å². The lowest BCUT2D eigenvalue weighted by atomic mass is 10.1. The van der Waals surface area contributed by atoms with Crippen molar-refractivity contribution in [2.75, 3.05) is 10.6 Å². The number of ether oxygens (including phenoxy) is 1. The largest absolute Gasteiger partial charge is 0.436 e. The van der Waals surface area contributed by atoms with Gasteiger partial charge in [-0.25, -0.2) is 4.98 Å². The van der Waals surface area contributed by atoms with E-state index >= 15 is 0 Å². The summed E-state index contributed by atoms with van der Waals surface area (Å²) in [5, 5.41) is 22.0. The fourth-order valence-corrected chi connectivity index (χ4v) is 2.82. The number of benzene rings is 2. The van der Waals surface area contributed by atoms with Gasteiger partial charge in [0.05, 0.1) is 17.8 Å². The van der Waals surface area contributed by atoms with E-state index in [2.05, 4.69) is 32.7 Å². The average molecular weight is 399 g/mol. The van der Waals surface area contributed by atoms with Crippen LogP contribution < -0.4 is 20.6 Å². The second-order valence-corrected chi connectivity index (χ2v) is 6.57. The summed E-state index contributed by atoms with van der Waals surface area (Å²) in [6, 6.07) is 14.9. The summed E-state index contributed by atoms with van der Waals surface area (Å²) in [6.07, 6.45) is 1.46. The number of amides is 1. The minimum atomic E-state index is -0.282. The Kier molecular flexibility index (Phi) is 5.90. The van der Waals surface area contributed by atoms with Crippen LogP contribution >= 0.6 is 0 Å². The molecular formula is C22H19N6O2+. The number of hydrogen-bond donors (Lipinski definition) is 3. The summed E-state index contributed by atoms with van der Waals surface area (Å²) >= 11 is 0. The first kappa shape index (κ1) is 20.3. The van der Waals surface area contributed by atoms with Crippen LogP contribution in [0.5, 0.6) is 11.6 Å². The van der Waals surface area contributed by atoms with Crippen molar-refractivity contribution in [2.24, 2.45) is 0 Å². The molecule has 8 nitrogen and oxygen atoms in total. The fraction of sp³-hybridized carbons (Fsp3) is 0.136. The van der Waals surface area contributed by atoms with Gasteiger partial charge >= 0.3 is 6.07 Å². The molecule has 0 radical (unpaired) electrons. The van der Waals surface area contributed by atoms with Gasteiger partial charge in [-0.2, -0.15) is 10.2 Å². The Hall–Kier alpha value is -4.43. The van der Waals surface area contributed by atoms with Gasteiger partial charge < -0.3 is 15.4 Å². The summed E-state index contributed by atoms with van der Waals surface area (Å²) in [4.78, 5) is 20.2. The number of carbonyl (C=O) groups excluding carboxylic acids is 1. The number of hydrogen-bond acceptors (Lipinski definition) is 6. The third kappa shape index (κ3) is 4.70. The maximum absolute atomic E-state index is 11.6. The third-order valence-electron chi connectivity index (χ3n) is 4.14. The van der Waals surface area contributed by atoms with E-state index in [4.69, 9.17) is 15.3 Å². The molecule has 1 heterocycles. The number of nitrogens with zero attached hydrogens (tertiary/aromatic N) is 3. The number of anilines is 3. The molecule has 2 aromatic carbocycles. The van der Waals surface area contributed by atoms with Crippen molar-refractivity contribution in [1.82, 2.24) is 9.97 Å². The van der Waals surface area contributed by atoms with Crippen molar-refractivity contribution >= 4 is 23.2 Å². The number of carbonyl (C=O) groups is 1. The van der Waals surface area contributed by atoms with E-state index in [1.807, 2.05) is 13.8 Å². The Balaban J connectivity index is 1.96. The quantitative estimate of drug-likeness (QED) is 0.606. The first-order valence-corrected chi connectivity index (χ1v) is 9.03. The van der Waals surface area contributed by atoms with Crippen LogP contribution in [-0.4, -0.2) is 15.9 Å². The second kappa shape index (κ2) is 8.72. The normalized spacial score (nSPS) is 9.90. The highest BCUT2D eigenvalue weighted by molar-refractivity contribution is 5.90. The lowest BCUT2D eigenvalue weighted by Crippen LogP contribution is -2.17. The Morgan fingerprint density at radius 3 is 2.37 bits per heavy atom. The summed E-state index contributed by atoms with van der Waals surface area (Å²) in [5.74, 6) is 0.713. The molecule has 0 saturated carbocycles. The molecule has 1 aromatic heterocycles. The number of aromatic nitrogens is 2. The van der Waals surface area contributed by atoms with E-state index in [1.54, 1.807) is 36.4 Å².